The quantitative estimate of drug-likeness (QED) is 0.232. The van der Waals surface area contributed by atoms with Crippen molar-refractivity contribution in [1.29, 1.82) is 0 Å². The van der Waals surface area contributed by atoms with Crippen LogP contribution in [0.5, 0.6) is 5.75 Å². The van der Waals surface area contributed by atoms with Crippen LogP contribution in [0.15, 0.2) is 53.7 Å². The second kappa shape index (κ2) is 9.97. The second-order valence-corrected chi connectivity index (χ2v) is 7.35. The molecule has 0 aliphatic carbocycles. The van der Waals surface area contributed by atoms with Gasteiger partial charge >= 0.3 is 5.97 Å². The van der Waals surface area contributed by atoms with Crippen LogP contribution in [0.4, 0.5) is 0 Å². The third kappa shape index (κ3) is 5.64. The zero-order valence-corrected chi connectivity index (χ0v) is 18.3. The Bertz CT molecular complexity index is 1150. The second-order valence-electron chi connectivity index (χ2n) is 6.97. The Morgan fingerprint density at radius 3 is 2.22 bits per heavy atom. The monoisotopic (exact) mass is 455 g/mol. The van der Waals surface area contributed by atoms with Crippen LogP contribution < -0.4 is 16.2 Å². The number of hydrogen-bond donors (Lipinski definition) is 2. The number of carbonyl (C=O) groups excluding carboxylic acids is 2. The van der Waals surface area contributed by atoms with Gasteiger partial charge in [-0.15, -0.1) is 0 Å². The lowest BCUT2D eigenvalue weighted by molar-refractivity contribution is -0.119. The van der Waals surface area contributed by atoms with Crippen molar-refractivity contribution in [2.75, 3.05) is 6.61 Å². The number of ether oxygens (including phenoxy) is 1. The number of nitrogens with zero attached hydrogens (tertiary/aromatic N) is 3. The van der Waals surface area contributed by atoms with Gasteiger partial charge in [-0.25, -0.2) is 4.79 Å². The number of aryl methyl sites for hydroxylation is 1. The molecule has 166 valence electrons. The minimum atomic E-state index is -0.643. The first-order chi connectivity index (χ1) is 15.2. The predicted octanol–water partition coefficient (Wildman–Crippen LogP) is 2.54. The van der Waals surface area contributed by atoms with Gasteiger partial charge in [-0.3, -0.25) is 9.48 Å². The Morgan fingerprint density at radius 1 is 1.03 bits per heavy atom. The molecule has 0 saturated heterocycles. The van der Waals surface area contributed by atoms with Crippen molar-refractivity contribution in [2.45, 2.75) is 20.4 Å². The molecule has 0 fully saturated rings. The van der Waals surface area contributed by atoms with E-state index in [2.05, 4.69) is 10.3 Å². The number of aromatic nitrogens is 2. The Labute approximate surface area is 189 Å². The molecule has 9 nitrogen and oxygen atoms in total. The van der Waals surface area contributed by atoms with Gasteiger partial charge in [0.2, 0.25) is 0 Å². The number of halogens is 1. The molecule has 0 bridgehead atoms. The van der Waals surface area contributed by atoms with E-state index in [0.717, 1.165) is 17.0 Å². The molecule has 0 aliphatic heterocycles. The summed E-state index contributed by atoms with van der Waals surface area (Å²) >= 11 is 6.18. The number of nitrogens with two attached hydrogens (primary N) is 2. The Hall–Kier alpha value is -3.85. The van der Waals surface area contributed by atoms with Crippen LogP contribution in [0, 0.1) is 13.8 Å². The smallest absolute Gasteiger partial charge is 0.365 e. The van der Waals surface area contributed by atoms with Gasteiger partial charge in [0.15, 0.2) is 12.4 Å². The SMILES string of the molecule is Cc1nn(Cc2ccc(C(=O)O/N=C(\N)c3ccc(OCC(N)=O)cc3)cc2)c(C)c1Cl. The van der Waals surface area contributed by atoms with Crippen LogP contribution in [0.25, 0.3) is 0 Å². The van der Waals surface area contributed by atoms with Crippen molar-refractivity contribution in [3.05, 3.63) is 81.6 Å². The Kier molecular flexibility index (Phi) is 7.11. The van der Waals surface area contributed by atoms with Gasteiger partial charge in [-0.05, 0) is 55.8 Å². The summed E-state index contributed by atoms with van der Waals surface area (Å²) in [6.07, 6.45) is 0. The lowest BCUT2D eigenvalue weighted by Gasteiger charge is -2.06. The molecule has 4 N–H and O–H groups in total. The van der Waals surface area contributed by atoms with Crippen molar-refractivity contribution in [3.63, 3.8) is 0 Å². The lowest BCUT2D eigenvalue weighted by atomic mass is 10.1. The third-order valence-corrected chi connectivity index (χ3v) is 5.12. The number of amides is 1. The summed E-state index contributed by atoms with van der Waals surface area (Å²) in [6, 6.07) is 13.3. The topological polar surface area (TPSA) is 135 Å². The molecule has 1 heterocycles. The highest BCUT2D eigenvalue weighted by Crippen LogP contribution is 2.20. The van der Waals surface area contributed by atoms with E-state index in [0.29, 0.717) is 28.4 Å². The van der Waals surface area contributed by atoms with E-state index in [1.54, 1.807) is 53.2 Å². The standard InChI is InChI=1S/C22H22ClN5O4/c1-13-20(23)14(2)28(26-13)11-15-3-5-17(6-4-15)22(30)32-27-21(25)16-7-9-18(10-8-16)31-12-19(24)29/h3-10H,11-12H2,1-2H3,(H2,24,29)(H2,25,27). The maximum atomic E-state index is 12.3. The van der Waals surface area contributed by atoms with E-state index in [9.17, 15) is 9.59 Å². The van der Waals surface area contributed by atoms with E-state index < -0.39 is 11.9 Å². The first kappa shape index (κ1) is 22.8. The number of hydrogen-bond acceptors (Lipinski definition) is 6. The minimum absolute atomic E-state index is 0.0119. The summed E-state index contributed by atoms with van der Waals surface area (Å²) in [6.45, 7) is 4.05. The molecular weight excluding hydrogens is 434 g/mol. The summed E-state index contributed by atoms with van der Waals surface area (Å²) in [5, 5.41) is 8.73. The molecule has 0 unspecified atom stereocenters. The van der Waals surface area contributed by atoms with Crippen LogP contribution in [-0.4, -0.2) is 34.1 Å². The number of carbonyl (C=O) groups is 2. The highest BCUT2D eigenvalue weighted by molar-refractivity contribution is 6.31. The van der Waals surface area contributed by atoms with Crippen molar-refractivity contribution in [3.8, 4) is 5.75 Å². The van der Waals surface area contributed by atoms with Crippen molar-refractivity contribution < 1.29 is 19.2 Å². The Balaban J connectivity index is 1.59. The molecule has 0 spiro atoms. The minimum Gasteiger partial charge on any atom is -0.484 e. The van der Waals surface area contributed by atoms with Gasteiger partial charge in [0.1, 0.15) is 5.75 Å². The average Bonchev–Trinajstić information content (AvgIpc) is 3.03. The van der Waals surface area contributed by atoms with E-state index in [4.69, 9.17) is 32.6 Å². The molecule has 10 heteroatoms. The van der Waals surface area contributed by atoms with Gasteiger partial charge in [0, 0.05) is 5.56 Å². The molecule has 0 radical (unpaired) electrons. The van der Waals surface area contributed by atoms with Crippen LogP contribution >= 0.6 is 11.6 Å². The maximum Gasteiger partial charge on any atom is 0.365 e. The molecule has 1 aromatic heterocycles. The molecular formula is C22H22ClN5O4. The van der Waals surface area contributed by atoms with Crippen LogP contribution in [0.1, 0.15) is 32.9 Å². The fourth-order valence-corrected chi connectivity index (χ4v) is 2.96. The summed E-state index contributed by atoms with van der Waals surface area (Å²) < 4.78 is 6.97. The molecule has 32 heavy (non-hydrogen) atoms. The molecule has 0 aliphatic rings. The zero-order valence-electron chi connectivity index (χ0n) is 17.5. The van der Waals surface area contributed by atoms with Crippen molar-refractivity contribution in [2.24, 2.45) is 16.6 Å². The molecule has 0 saturated carbocycles. The lowest BCUT2D eigenvalue weighted by Crippen LogP contribution is -2.20. The van der Waals surface area contributed by atoms with Crippen molar-refractivity contribution >= 4 is 29.3 Å². The highest BCUT2D eigenvalue weighted by atomic mass is 35.5. The molecule has 3 aromatic rings. The van der Waals surface area contributed by atoms with Crippen molar-refractivity contribution in [1.82, 2.24) is 9.78 Å². The first-order valence-corrected chi connectivity index (χ1v) is 9.97. The third-order valence-electron chi connectivity index (χ3n) is 4.57. The van der Waals surface area contributed by atoms with E-state index in [1.165, 1.54) is 0 Å². The molecule has 1 amide bonds. The van der Waals surface area contributed by atoms with E-state index in [-0.39, 0.29) is 12.4 Å². The van der Waals surface area contributed by atoms with Crippen LogP contribution in [0.3, 0.4) is 0 Å². The summed E-state index contributed by atoms with van der Waals surface area (Å²) in [7, 11) is 0. The van der Waals surface area contributed by atoms with Gasteiger partial charge < -0.3 is 21.0 Å². The number of amidine groups is 1. The van der Waals surface area contributed by atoms with Gasteiger partial charge in [-0.1, -0.05) is 28.9 Å². The van der Waals surface area contributed by atoms with Gasteiger partial charge in [0.25, 0.3) is 5.91 Å². The zero-order chi connectivity index (χ0) is 23.3. The number of primary amides is 1. The number of oxime groups is 1. The summed E-state index contributed by atoms with van der Waals surface area (Å²) in [4.78, 5) is 28.0. The number of benzene rings is 2. The maximum absolute atomic E-state index is 12.3. The largest absolute Gasteiger partial charge is 0.484 e. The van der Waals surface area contributed by atoms with Gasteiger partial charge in [0.05, 0.1) is 28.5 Å². The molecule has 3 rings (SSSR count). The van der Waals surface area contributed by atoms with E-state index in [1.807, 2.05) is 13.8 Å². The fraction of sp³-hybridized carbons (Fsp3) is 0.182. The van der Waals surface area contributed by atoms with Gasteiger partial charge in [-0.2, -0.15) is 5.10 Å². The number of rotatable bonds is 8. The summed E-state index contributed by atoms with van der Waals surface area (Å²) in [5.74, 6) is -0.765. The van der Waals surface area contributed by atoms with Crippen LogP contribution in [0.2, 0.25) is 5.02 Å². The molecule has 2 aromatic carbocycles. The average molecular weight is 456 g/mol. The van der Waals surface area contributed by atoms with Crippen LogP contribution in [-0.2, 0) is 16.2 Å². The normalized spacial score (nSPS) is 11.3. The predicted molar refractivity (Wildman–Crippen MR) is 120 cm³/mol. The first-order valence-electron chi connectivity index (χ1n) is 9.59. The summed E-state index contributed by atoms with van der Waals surface area (Å²) in [5.41, 5.74) is 14.3. The fourth-order valence-electron chi connectivity index (χ4n) is 2.82. The Morgan fingerprint density at radius 2 is 1.66 bits per heavy atom. The van der Waals surface area contributed by atoms with E-state index >= 15 is 0 Å². The highest BCUT2D eigenvalue weighted by Gasteiger charge is 2.11. The molecule has 0 atom stereocenters.